The summed E-state index contributed by atoms with van der Waals surface area (Å²) in [5.74, 6) is -3.68. The number of carboxylic acid groups (broad SMARTS) is 1. The monoisotopic (exact) mass is 793 g/mol. The van der Waals surface area contributed by atoms with Crippen LogP contribution in [0.5, 0.6) is 0 Å². The van der Waals surface area contributed by atoms with Crippen molar-refractivity contribution < 1.29 is 33.9 Å². The molecular weight excluding hydrogens is 731 g/mol. The minimum atomic E-state index is -1.19. The smallest absolute Gasteiger partial charge is 0.326 e. The molecule has 0 aromatic heterocycles. The SMILES string of the molecule is CC(C)C[C@@H](NC(=O)[C@@H](Cc1ccccc1)N1C(=O)[C@H](N)Cc2ccccc21)C(=O)N[C@H](CCCCN)C(=O)NCCCC[C@@H](NC(=O)[C@H](N)CCCN)C(=O)O. The lowest BCUT2D eigenvalue weighted by molar-refractivity contribution is -0.142. The van der Waals surface area contributed by atoms with E-state index in [2.05, 4.69) is 21.3 Å². The summed E-state index contributed by atoms with van der Waals surface area (Å²) in [6.07, 6.45) is 4.02. The number of carboxylic acids is 1. The van der Waals surface area contributed by atoms with Crippen molar-refractivity contribution in [3.8, 4) is 0 Å². The van der Waals surface area contributed by atoms with Gasteiger partial charge in [-0.3, -0.25) is 28.9 Å². The summed E-state index contributed by atoms with van der Waals surface area (Å²) >= 11 is 0. The molecule has 16 nitrogen and oxygen atoms in total. The van der Waals surface area contributed by atoms with Crippen LogP contribution in [0.3, 0.4) is 0 Å². The lowest BCUT2D eigenvalue weighted by Gasteiger charge is -2.38. The van der Waals surface area contributed by atoms with Gasteiger partial charge in [0.1, 0.15) is 24.2 Å². The number of rotatable bonds is 25. The van der Waals surface area contributed by atoms with Crippen molar-refractivity contribution in [3.63, 3.8) is 0 Å². The average Bonchev–Trinajstić information content (AvgIpc) is 3.18. The zero-order valence-corrected chi connectivity index (χ0v) is 33.3. The quantitative estimate of drug-likeness (QED) is 0.0627. The lowest BCUT2D eigenvalue weighted by atomic mass is 9.93. The van der Waals surface area contributed by atoms with E-state index in [1.54, 1.807) is 12.1 Å². The molecule has 6 atom stereocenters. The van der Waals surface area contributed by atoms with Crippen LogP contribution in [0.1, 0.15) is 82.8 Å². The van der Waals surface area contributed by atoms with Crippen LogP contribution in [0.4, 0.5) is 5.69 Å². The number of anilines is 1. The Labute approximate surface area is 335 Å². The van der Waals surface area contributed by atoms with Gasteiger partial charge in [0.2, 0.25) is 29.5 Å². The minimum Gasteiger partial charge on any atom is -0.480 e. The second kappa shape index (κ2) is 24.0. The molecule has 13 N–H and O–H groups in total. The van der Waals surface area contributed by atoms with Crippen LogP contribution in [0, 0.1) is 5.92 Å². The molecule has 1 aliphatic heterocycles. The number of hydrogen-bond acceptors (Lipinski definition) is 10. The fourth-order valence-corrected chi connectivity index (χ4v) is 6.82. The third kappa shape index (κ3) is 14.8. The van der Waals surface area contributed by atoms with Crippen LogP contribution < -0.4 is 49.1 Å². The second-order valence-corrected chi connectivity index (χ2v) is 15.1. The number of nitrogens with zero attached hydrogens (tertiary/aromatic N) is 1. The van der Waals surface area contributed by atoms with Gasteiger partial charge in [-0.1, -0.05) is 62.4 Å². The van der Waals surface area contributed by atoms with Gasteiger partial charge in [0.15, 0.2) is 0 Å². The largest absolute Gasteiger partial charge is 0.480 e. The predicted molar refractivity (Wildman–Crippen MR) is 218 cm³/mol. The Morgan fingerprint density at radius 2 is 1.37 bits per heavy atom. The summed E-state index contributed by atoms with van der Waals surface area (Å²) in [6, 6.07) is 10.8. The van der Waals surface area contributed by atoms with Crippen LogP contribution in [0.15, 0.2) is 54.6 Å². The standard InChI is InChI=1S/C41H63N9O7/c1-26(2)23-33(49-39(54)35(24-27-13-4-3-5-14-27)50-34-19-7-6-15-28(34)25-30(45)40(50)55)38(53)47-31(17-8-10-20-42)37(52)46-22-11-9-18-32(41(56)57)48-36(51)29(44)16-12-21-43/h3-7,13-15,19,26,29-33,35H,8-12,16-18,20-25,42-45H2,1-2H3,(H,46,52)(H,47,53)(H,48,51)(H,49,54)(H,56,57)/t29-,30-,31-,32-,33-,35-/m1/s1. The van der Waals surface area contributed by atoms with Gasteiger partial charge in [0.05, 0.1) is 12.1 Å². The fourth-order valence-electron chi connectivity index (χ4n) is 6.82. The number of aliphatic carboxylic acids is 1. The van der Waals surface area contributed by atoms with Gasteiger partial charge in [-0.25, -0.2) is 4.79 Å². The number of carbonyl (C=O) groups excluding carboxylic acids is 5. The predicted octanol–water partition coefficient (Wildman–Crippen LogP) is 0.581. The molecule has 57 heavy (non-hydrogen) atoms. The molecule has 0 saturated heterocycles. The first-order chi connectivity index (χ1) is 27.3. The van der Waals surface area contributed by atoms with E-state index in [0.29, 0.717) is 70.1 Å². The molecule has 0 aliphatic carbocycles. The first-order valence-electron chi connectivity index (χ1n) is 20.0. The van der Waals surface area contributed by atoms with E-state index >= 15 is 0 Å². The van der Waals surface area contributed by atoms with E-state index in [1.165, 1.54) is 4.90 Å². The van der Waals surface area contributed by atoms with Crippen LogP contribution in [0.2, 0.25) is 0 Å². The number of unbranched alkanes of at least 4 members (excludes halogenated alkanes) is 2. The highest BCUT2D eigenvalue weighted by atomic mass is 16.4. The maximum Gasteiger partial charge on any atom is 0.326 e. The molecule has 0 unspecified atom stereocenters. The van der Waals surface area contributed by atoms with Gasteiger partial charge in [-0.2, -0.15) is 0 Å². The maximum absolute atomic E-state index is 14.4. The third-order valence-electron chi connectivity index (χ3n) is 9.94. The van der Waals surface area contributed by atoms with Crippen molar-refractivity contribution in [2.75, 3.05) is 24.5 Å². The van der Waals surface area contributed by atoms with Gasteiger partial charge in [0, 0.05) is 18.7 Å². The molecule has 3 rings (SSSR count). The molecule has 1 heterocycles. The lowest BCUT2D eigenvalue weighted by Crippen LogP contribution is -2.61. The number of benzene rings is 2. The average molecular weight is 794 g/mol. The molecule has 0 radical (unpaired) electrons. The maximum atomic E-state index is 14.4. The minimum absolute atomic E-state index is 0.0232. The number of fused-ring (bicyclic) bond motifs is 1. The van der Waals surface area contributed by atoms with Gasteiger partial charge in [0.25, 0.3) is 0 Å². The van der Waals surface area contributed by atoms with Crippen LogP contribution >= 0.6 is 0 Å². The zero-order valence-electron chi connectivity index (χ0n) is 33.3. The van der Waals surface area contributed by atoms with Crippen molar-refractivity contribution in [3.05, 3.63) is 65.7 Å². The molecule has 5 amide bonds. The Bertz CT molecular complexity index is 1630. The first kappa shape index (κ1) is 46.5. The number of amides is 5. The highest BCUT2D eigenvalue weighted by Gasteiger charge is 2.40. The summed E-state index contributed by atoms with van der Waals surface area (Å²) in [4.78, 5) is 81.1. The fraction of sp³-hybridized carbons (Fsp3) is 0.561. The summed E-state index contributed by atoms with van der Waals surface area (Å²) < 4.78 is 0. The molecule has 0 fully saturated rings. The van der Waals surface area contributed by atoms with Crippen LogP contribution in [0.25, 0.3) is 0 Å². The molecule has 16 heteroatoms. The second-order valence-electron chi connectivity index (χ2n) is 15.1. The summed E-state index contributed by atoms with van der Waals surface area (Å²) in [6.45, 7) is 4.79. The highest BCUT2D eigenvalue weighted by Crippen LogP contribution is 2.30. The van der Waals surface area contributed by atoms with Crippen molar-refractivity contribution in [2.45, 2.75) is 121 Å². The molecule has 0 bridgehead atoms. The number of hydrogen-bond donors (Lipinski definition) is 9. The van der Waals surface area contributed by atoms with Crippen LogP contribution in [-0.4, -0.2) is 96.5 Å². The number of para-hydroxylation sites is 1. The van der Waals surface area contributed by atoms with E-state index in [9.17, 15) is 33.9 Å². The number of carbonyl (C=O) groups is 6. The van der Waals surface area contributed by atoms with Crippen molar-refractivity contribution in [1.82, 2.24) is 21.3 Å². The topological polar surface area (TPSA) is 278 Å². The third-order valence-corrected chi connectivity index (χ3v) is 9.94. The molecule has 2 aromatic rings. The molecule has 0 saturated carbocycles. The Morgan fingerprint density at radius 1 is 0.754 bits per heavy atom. The summed E-state index contributed by atoms with van der Waals surface area (Å²) in [7, 11) is 0. The molecule has 1 aliphatic rings. The molecular formula is C41H63N9O7. The van der Waals surface area contributed by atoms with Crippen molar-refractivity contribution >= 4 is 41.2 Å². The molecule has 2 aromatic carbocycles. The summed E-state index contributed by atoms with van der Waals surface area (Å²) in [5.41, 5.74) is 25.6. The first-order valence-corrected chi connectivity index (χ1v) is 20.0. The van der Waals surface area contributed by atoms with E-state index in [0.717, 1.165) is 11.1 Å². The summed E-state index contributed by atoms with van der Waals surface area (Å²) in [5, 5.41) is 20.7. The normalized spacial score (nSPS) is 16.4. The van der Waals surface area contributed by atoms with Gasteiger partial charge in [-0.05, 0) is 100 Å². The number of nitrogens with two attached hydrogens (primary N) is 4. The van der Waals surface area contributed by atoms with Crippen molar-refractivity contribution in [1.29, 1.82) is 0 Å². The zero-order chi connectivity index (χ0) is 41.9. The Balaban J connectivity index is 1.72. The number of nitrogens with one attached hydrogen (secondary N) is 4. The molecule has 0 spiro atoms. The van der Waals surface area contributed by atoms with Crippen molar-refractivity contribution in [2.24, 2.45) is 28.9 Å². The van der Waals surface area contributed by atoms with E-state index < -0.39 is 71.8 Å². The molecule has 314 valence electrons. The van der Waals surface area contributed by atoms with Gasteiger partial charge in [-0.15, -0.1) is 0 Å². The Hall–Kier alpha value is -4.90. The van der Waals surface area contributed by atoms with E-state index in [4.69, 9.17) is 22.9 Å². The van der Waals surface area contributed by atoms with Gasteiger partial charge >= 0.3 is 5.97 Å². The Morgan fingerprint density at radius 3 is 2.04 bits per heavy atom. The highest BCUT2D eigenvalue weighted by molar-refractivity contribution is 6.06. The Kier molecular flexibility index (Phi) is 19.6. The van der Waals surface area contributed by atoms with E-state index in [-0.39, 0.29) is 31.7 Å². The van der Waals surface area contributed by atoms with Gasteiger partial charge < -0.3 is 49.3 Å². The van der Waals surface area contributed by atoms with E-state index in [1.807, 2.05) is 56.3 Å². The van der Waals surface area contributed by atoms with Crippen LogP contribution in [-0.2, 0) is 41.6 Å².